The molecule has 3 rings (SSSR count). The second-order valence-electron chi connectivity index (χ2n) is 6.84. The van der Waals surface area contributed by atoms with E-state index in [4.69, 9.17) is 11.6 Å². The molecular weight excluding hydrogens is 406 g/mol. The normalized spacial score (nSPS) is 14.1. The van der Waals surface area contributed by atoms with E-state index in [9.17, 15) is 14.4 Å². The lowest BCUT2D eigenvalue weighted by Gasteiger charge is -2.34. The fourth-order valence-corrected chi connectivity index (χ4v) is 3.15. The maximum absolute atomic E-state index is 12.3. The lowest BCUT2D eigenvalue weighted by Crippen LogP contribution is -2.51. The molecule has 0 radical (unpaired) electrons. The first kappa shape index (κ1) is 21.6. The minimum Gasteiger partial charge on any atom is -0.347 e. The Hall–Kier alpha value is -3.10. The predicted octanol–water partition coefficient (Wildman–Crippen LogP) is 2.24. The standard InChI is InChI=1S/C21H24ClN5O3/c22-16-6-8-18(9-7-16)25-21(30)27-14-12-26(13-15-27)11-10-23-19(28)20(29)24-17-4-2-1-3-5-17/h1-9H,10-15H2,(H,23,28)(H,24,29)(H,25,30). The van der Waals surface area contributed by atoms with E-state index in [1.54, 1.807) is 53.4 Å². The number of benzene rings is 2. The number of hydrogen-bond donors (Lipinski definition) is 3. The number of para-hydroxylation sites is 1. The molecule has 2 aromatic carbocycles. The van der Waals surface area contributed by atoms with Crippen LogP contribution in [0.2, 0.25) is 5.02 Å². The predicted molar refractivity (Wildman–Crippen MR) is 117 cm³/mol. The van der Waals surface area contributed by atoms with Gasteiger partial charge in [0.05, 0.1) is 0 Å². The summed E-state index contributed by atoms with van der Waals surface area (Å²) in [7, 11) is 0. The topological polar surface area (TPSA) is 93.8 Å². The van der Waals surface area contributed by atoms with Gasteiger partial charge in [0.2, 0.25) is 0 Å². The molecule has 1 heterocycles. The smallest absolute Gasteiger partial charge is 0.321 e. The second-order valence-corrected chi connectivity index (χ2v) is 7.28. The first-order chi connectivity index (χ1) is 14.5. The van der Waals surface area contributed by atoms with Crippen molar-refractivity contribution in [2.24, 2.45) is 0 Å². The number of nitrogens with one attached hydrogen (secondary N) is 3. The van der Waals surface area contributed by atoms with E-state index in [1.807, 2.05) is 6.07 Å². The molecule has 0 unspecified atom stereocenters. The molecule has 1 fully saturated rings. The third-order valence-electron chi connectivity index (χ3n) is 4.71. The molecular formula is C21H24ClN5O3. The van der Waals surface area contributed by atoms with Crippen molar-refractivity contribution >= 4 is 40.8 Å². The van der Waals surface area contributed by atoms with E-state index in [-0.39, 0.29) is 6.03 Å². The van der Waals surface area contributed by atoms with Gasteiger partial charge in [-0.05, 0) is 36.4 Å². The van der Waals surface area contributed by atoms with Crippen LogP contribution in [0.5, 0.6) is 0 Å². The van der Waals surface area contributed by atoms with Crippen LogP contribution in [0.1, 0.15) is 0 Å². The fourth-order valence-electron chi connectivity index (χ4n) is 3.03. The minimum atomic E-state index is -0.690. The van der Waals surface area contributed by atoms with Crippen molar-refractivity contribution in [2.45, 2.75) is 0 Å². The zero-order chi connectivity index (χ0) is 21.3. The number of urea groups is 1. The molecule has 0 bridgehead atoms. The molecule has 4 amide bonds. The summed E-state index contributed by atoms with van der Waals surface area (Å²) in [6.07, 6.45) is 0. The minimum absolute atomic E-state index is 0.150. The van der Waals surface area contributed by atoms with Gasteiger partial charge < -0.3 is 20.9 Å². The summed E-state index contributed by atoms with van der Waals surface area (Å²) < 4.78 is 0. The molecule has 1 aliphatic rings. The molecule has 0 aliphatic carbocycles. The molecule has 30 heavy (non-hydrogen) atoms. The summed E-state index contributed by atoms with van der Waals surface area (Å²) in [5.41, 5.74) is 1.27. The van der Waals surface area contributed by atoms with E-state index in [2.05, 4.69) is 20.9 Å². The average molecular weight is 430 g/mol. The van der Waals surface area contributed by atoms with E-state index in [0.29, 0.717) is 55.7 Å². The lowest BCUT2D eigenvalue weighted by molar-refractivity contribution is -0.136. The van der Waals surface area contributed by atoms with Gasteiger partial charge in [-0.3, -0.25) is 14.5 Å². The highest BCUT2D eigenvalue weighted by Crippen LogP contribution is 2.14. The molecule has 0 atom stereocenters. The zero-order valence-corrected chi connectivity index (χ0v) is 17.2. The van der Waals surface area contributed by atoms with Gasteiger partial charge >= 0.3 is 17.8 Å². The Balaban J connectivity index is 1.33. The third-order valence-corrected chi connectivity index (χ3v) is 4.96. The Morgan fingerprint density at radius 3 is 2.10 bits per heavy atom. The van der Waals surface area contributed by atoms with Crippen molar-refractivity contribution < 1.29 is 14.4 Å². The highest BCUT2D eigenvalue weighted by molar-refractivity contribution is 6.39. The number of carbonyl (C=O) groups is 3. The number of amides is 4. The van der Waals surface area contributed by atoms with Crippen LogP contribution in [0.4, 0.5) is 16.2 Å². The summed E-state index contributed by atoms with van der Waals surface area (Å²) in [6.45, 7) is 3.53. The number of rotatable bonds is 5. The van der Waals surface area contributed by atoms with E-state index >= 15 is 0 Å². The Morgan fingerprint density at radius 1 is 0.800 bits per heavy atom. The van der Waals surface area contributed by atoms with Crippen LogP contribution in [0.3, 0.4) is 0 Å². The summed E-state index contributed by atoms with van der Waals surface area (Å²) >= 11 is 5.85. The highest BCUT2D eigenvalue weighted by atomic mass is 35.5. The second kappa shape index (κ2) is 10.6. The van der Waals surface area contributed by atoms with Crippen LogP contribution in [0, 0.1) is 0 Å². The SMILES string of the molecule is O=C(NCCN1CCN(C(=O)Nc2ccc(Cl)cc2)CC1)C(=O)Nc1ccccc1. The van der Waals surface area contributed by atoms with Crippen molar-refractivity contribution in [1.29, 1.82) is 0 Å². The molecule has 9 heteroatoms. The van der Waals surface area contributed by atoms with Crippen LogP contribution >= 0.6 is 11.6 Å². The average Bonchev–Trinajstić information content (AvgIpc) is 2.76. The molecule has 0 saturated carbocycles. The molecule has 0 aromatic heterocycles. The first-order valence-corrected chi connectivity index (χ1v) is 10.1. The summed E-state index contributed by atoms with van der Waals surface area (Å²) in [6, 6.07) is 15.6. The summed E-state index contributed by atoms with van der Waals surface area (Å²) in [5.74, 6) is -1.36. The fraction of sp³-hybridized carbons (Fsp3) is 0.286. The van der Waals surface area contributed by atoms with Crippen LogP contribution < -0.4 is 16.0 Å². The Morgan fingerprint density at radius 2 is 1.43 bits per heavy atom. The van der Waals surface area contributed by atoms with Gasteiger partial charge in [-0.2, -0.15) is 0 Å². The molecule has 8 nitrogen and oxygen atoms in total. The van der Waals surface area contributed by atoms with Crippen molar-refractivity contribution in [1.82, 2.24) is 15.1 Å². The largest absolute Gasteiger partial charge is 0.347 e. The number of carbonyl (C=O) groups excluding carboxylic acids is 3. The van der Waals surface area contributed by atoms with Gasteiger partial charge in [0.25, 0.3) is 0 Å². The van der Waals surface area contributed by atoms with Gasteiger partial charge in [-0.1, -0.05) is 29.8 Å². The van der Waals surface area contributed by atoms with E-state index < -0.39 is 11.8 Å². The summed E-state index contributed by atoms with van der Waals surface area (Å²) in [4.78, 5) is 40.0. The summed E-state index contributed by atoms with van der Waals surface area (Å²) in [5, 5.41) is 8.64. The van der Waals surface area contributed by atoms with Crippen molar-refractivity contribution in [2.75, 3.05) is 49.9 Å². The molecule has 3 N–H and O–H groups in total. The van der Waals surface area contributed by atoms with Crippen molar-refractivity contribution in [3.63, 3.8) is 0 Å². The Labute approximate surface area is 180 Å². The van der Waals surface area contributed by atoms with Gasteiger partial charge in [0.15, 0.2) is 0 Å². The van der Waals surface area contributed by atoms with Gasteiger partial charge in [-0.25, -0.2) is 4.79 Å². The van der Waals surface area contributed by atoms with Crippen LogP contribution in [-0.2, 0) is 9.59 Å². The maximum Gasteiger partial charge on any atom is 0.321 e. The van der Waals surface area contributed by atoms with Crippen LogP contribution in [-0.4, -0.2) is 66.9 Å². The number of hydrogen-bond acceptors (Lipinski definition) is 4. The first-order valence-electron chi connectivity index (χ1n) is 9.69. The van der Waals surface area contributed by atoms with E-state index in [1.165, 1.54) is 0 Å². The number of piperazine rings is 1. The number of halogens is 1. The van der Waals surface area contributed by atoms with Gasteiger partial charge in [-0.15, -0.1) is 0 Å². The zero-order valence-electron chi connectivity index (χ0n) is 16.4. The molecule has 1 aliphatic heterocycles. The Kier molecular flexibility index (Phi) is 7.64. The van der Waals surface area contributed by atoms with Gasteiger partial charge in [0, 0.05) is 55.7 Å². The Bertz CT molecular complexity index is 868. The molecule has 0 spiro atoms. The van der Waals surface area contributed by atoms with Gasteiger partial charge in [0.1, 0.15) is 0 Å². The quantitative estimate of drug-likeness (QED) is 0.635. The lowest BCUT2D eigenvalue weighted by atomic mass is 10.3. The van der Waals surface area contributed by atoms with Crippen LogP contribution in [0.25, 0.3) is 0 Å². The maximum atomic E-state index is 12.3. The third kappa shape index (κ3) is 6.47. The molecule has 2 aromatic rings. The van der Waals surface area contributed by atoms with Crippen LogP contribution in [0.15, 0.2) is 54.6 Å². The van der Waals surface area contributed by atoms with Crippen molar-refractivity contribution in [3.05, 3.63) is 59.6 Å². The molecule has 1 saturated heterocycles. The number of nitrogens with zero attached hydrogens (tertiary/aromatic N) is 2. The van der Waals surface area contributed by atoms with E-state index in [0.717, 1.165) is 0 Å². The van der Waals surface area contributed by atoms with Crippen molar-refractivity contribution in [3.8, 4) is 0 Å². The highest BCUT2D eigenvalue weighted by Gasteiger charge is 2.21. The monoisotopic (exact) mass is 429 g/mol. The number of anilines is 2. The molecule has 158 valence electrons.